The van der Waals surface area contributed by atoms with Gasteiger partial charge in [0.15, 0.2) is 0 Å². The van der Waals surface area contributed by atoms with E-state index in [2.05, 4.69) is 22.3 Å². The number of nitrogens with zero attached hydrogens (tertiary/aromatic N) is 1. The lowest BCUT2D eigenvalue weighted by atomic mass is 10.1. The molecule has 0 radical (unpaired) electrons. The number of methoxy groups -OCH3 is 1. The van der Waals surface area contributed by atoms with Crippen molar-refractivity contribution in [3.8, 4) is 5.75 Å². The molecule has 4 nitrogen and oxygen atoms in total. The topological polar surface area (TPSA) is 41.6 Å². The molecule has 2 aromatic carbocycles. The molecule has 1 fully saturated rings. The highest BCUT2D eigenvalue weighted by Crippen LogP contribution is 2.28. The lowest BCUT2D eigenvalue weighted by Crippen LogP contribution is -2.39. The van der Waals surface area contributed by atoms with Crippen molar-refractivity contribution in [3.05, 3.63) is 64.7 Å². The van der Waals surface area contributed by atoms with E-state index in [4.69, 9.17) is 16.3 Å². The molecule has 2 aromatic rings. The lowest BCUT2D eigenvalue weighted by Gasteiger charge is -2.23. The molecule has 0 bridgehead atoms. The van der Waals surface area contributed by atoms with Gasteiger partial charge in [0.25, 0.3) is 0 Å². The number of carbonyl (C=O) groups excluding carboxylic acids is 1. The highest BCUT2D eigenvalue weighted by Gasteiger charge is 2.30. The van der Waals surface area contributed by atoms with Crippen LogP contribution in [-0.4, -0.2) is 30.5 Å². The van der Waals surface area contributed by atoms with Crippen molar-refractivity contribution in [2.45, 2.75) is 38.4 Å². The molecule has 138 valence electrons. The van der Waals surface area contributed by atoms with E-state index in [0.717, 1.165) is 30.7 Å². The lowest BCUT2D eigenvalue weighted by molar-refractivity contribution is -0.123. The Morgan fingerprint density at radius 1 is 1.19 bits per heavy atom. The Morgan fingerprint density at radius 2 is 1.85 bits per heavy atom. The molecule has 1 aliphatic carbocycles. The smallest absolute Gasteiger partial charge is 0.234 e. The summed E-state index contributed by atoms with van der Waals surface area (Å²) in [5.74, 6) is 0.897. The number of nitrogens with one attached hydrogen (secondary N) is 1. The van der Waals surface area contributed by atoms with Gasteiger partial charge in [-0.15, -0.1) is 0 Å². The van der Waals surface area contributed by atoms with Crippen LogP contribution in [0.15, 0.2) is 48.5 Å². The van der Waals surface area contributed by atoms with Crippen LogP contribution in [0.4, 0.5) is 0 Å². The molecule has 0 aliphatic heterocycles. The van der Waals surface area contributed by atoms with Crippen LogP contribution in [0, 0.1) is 0 Å². The average Bonchev–Trinajstić information content (AvgIpc) is 3.47. The first-order chi connectivity index (χ1) is 12.5. The molecular formula is C21H25ClN2O2. The Labute approximate surface area is 160 Å². The van der Waals surface area contributed by atoms with Gasteiger partial charge in [0, 0.05) is 17.6 Å². The van der Waals surface area contributed by atoms with Crippen molar-refractivity contribution in [2.24, 2.45) is 0 Å². The van der Waals surface area contributed by atoms with Crippen LogP contribution in [0.5, 0.6) is 5.75 Å². The fraction of sp³-hybridized carbons (Fsp3) is 0.381. The van der Waals surface area contributed by atoms with Crippen LogP contribution in [0.3, 0.4) is 0 Å². The molecule has 1 amide bonds. The molecule has 0 heterocycles. The number of hydrogen-bond acceptors (Lipinski definition) is 3. The van der Waals surface area contributed by atoms with Gasteiger partial charge in [0.1, 0.15) is 5.75 Å². The predicted molar refractivity (Wildman–Crippen MR) is 104 cm³/mol. The maximum atomic E-state index is 12.5. The molecule has 1 atom stereocenters. The van der Waals surface area contributed by atoms with Crippen LogP contribution >= 0.6 is 11.6 Å². The van der Waals surface area contributed by atoms with Gasteiger partial charge in [-0.2, -0.15) is 0 Å². The Balaban J connectivity index is 1.56. The molecule has 0 aromatic heterocycles. The summed E-state index contributed by atoms with van der Waals surface area (Å²) in [5, 5.41) is 3.79. The van der Waals surface area contributed by atoms with E-state index in [1.54, 1.807) is 7.11 Å². The summed E-state index contributed by atoms with van der Waals surface area (Å²) in [4.78, 5) is 14.8. The quantitative estimate of drug-likeness (QED) is 0.755. The zero-order chi connectivity index (χ0) is 18.5. The minimum Gasteiger partial charge on any atom is -0.497 e. The molecular weight excluding hydrogens is 348 g/mol. The van der Waals surface area contributed by atoms with Gasteiger partial charge < -0.3 is 10.1 Å². The molecule has 0 spiro atoms. The predicted octanol–water partition coefficient (Wildman–Crippen LogP) is 4.19. The van der Waals surface area contributed by atoms with Gasteiger partial charge in [-0.3, -0.25) is 9.69 Å². The minimum atomic E-state index is -0.0400. The Morgan fingerprint density at radius 3 is 2.42 bits per heavy atom. The monoisotopic (exact) mass is 372 g/mol. The van der Waals surface area contributed by atoms with E-state index in [-0.39, 0.29) is 11.9 Å². The van der Waals surface area contributed by atoms with Crippen molar-refractivity contribution < 1.29 is 9.53 Å². The number of hydrogen-bond donors (Lipinski definition) is 1. The number of benzene rings is 2. The van der Waals surface area contributed by atoms with Crippen LogP contribution in [0.1, 0.15) is 36.9 Å². The molecule has 1 aliphatic rings. The number of amides is 1. The molecule has 3 rings (SSSR count). The molecule has 5 heteroatoms. The van der Waals surface area contributed by atoms with Crippen LogP contribution < -0.4 is 10.1 Å². The van der Waals surface area contributed by atoms with Crippen molar-refractivity contribution in [2.75, 3.05) is 13.7 Å². The second-order valence-corrected chi connectivity index (χ2v) is 7.26. The summed E-state index contributed by atoms with van der Waals surface area (Å²) in [7, 11) is 1.66. The molecule has 1 N–H and O–H groups in total. The van der Waals surface area contributed by atoms with Gasteiger partial charge in [0.2, 0.25) is 5.91 Å². The fourth-order valence-electron chi connectivity index (χ4n) is 3.03. The Hall–Kier alpha value is -2.04. The minimum absolute atomic E-state index is 0.0400. The summed E-state index contributed by atoms with van der Waals surface area (Å²) in [6.07, 6.45) is 2.33. The zero-order valence-corrected chi connectivity index (χ0v) is 16.0. The third-order valence-corrected chi connectivity index (χ3v) is 4.95. The van der Waals surface area contributed by atoms with Crippen molar-refractivity contribution >= 4 is 17.5 Å². The van der Waals surface area contributed by atoms with Crippen LogP contribution in [0.25, 0.3) is 0 Å². The van der Waals surface area contributed by atoms with E-state index >= 15 is 0 Å². The van der Waals surface area contributed by atoms with Gasteiger partial charge in [-0.05, 0) is 55.2 Å². The molecule has 26 heavy (non-hydrogen) atoms. The fourth-order valence-corrected chi connectivity index (χ4v) is 3.15. The molecule has 0 saturated heterocycles. The first kappa shape index (κ1) is 18.7. The number of halogens is 1. The highest BCUT2D eigenvalue weighted by molar-refractivity contribution is 6.30. The summed E-state index contributed by atoms with van der Waals surface area (Å²) < 4.78 is 5.21. The largest absolute Gasteiger partial charge is 0.497 e. The van der Waals surface area contributed by atoms with Crippen molar-refractivity contribution in [1.29, 1.82) is 0 Å². The summed E-state index contributed by atoms with van der Waals surface area (Å²) in [6.45, 7) is 3.18. The molecule has 1 saturated carbocycles. The number of ether oxygens (including phenoxy) is 1. The second kappa shape index (κ2) is 8.56. The van der Waals surface area contributed by atoms with Gasteiger partial charge in [-0.1, -0.05) is 35.9 Å². The van der Waals surface area contributed by atoms with E-state index in [1.165, 1.54) is 5.56 Å². The maximum absolute atomic E-state index is 12.5. The first-order valence-electron chi connectivity index (χ1n) is 8.97. The van der Waals surface area contributed by atoms with Crippen LogP contribution in [-0.2, 0) is 11.3 Å². The zero-order valence-electron chi connectivity index (χ0n) is 15.2. The van der Waals surface area contributed by atoms with Crippen molar-refractivity contribution in [1.82, 2.24) is 10.2 Å². The average molecular weight is 373 g/mol. The summed E-state index contributed by atoms with van der Waals surface area (Å²) in [5.41, 5.74) is 2.24. The standard InChI is InChI=1S/C21H25ClN2O2/c1-15(17-5-7-18(22)8-6-17)23-21(25)14-24(19-9-10-19)13-16-3-11-20(26-2)12-4-16/h3-8,11-12,15,19H,9-10,13-14H2,1-2H3,(H,23,25)/t15-/m1/s1. The van der Waals surface area contributed by atoms with Crippen LogP contribution in [0.2, 0.25) is 5.02 Å². The van der Waals surface area contributed by atoms with Crippen molar-refractivity contribution in [3.63, 3.8) is 0 Å². The third-order valence-electron chi connectivity index (χ3n) is 4.70. The van der Waals surface area contributed by atoms with Gasteiger partial charge in [0.05, 0.1) is 19.7 Å². The van der Waals surface area contributed by atoms with E-state index in [9.17, 15) is 4.79 Å². The SMILES string of the molecule is COc1ccc(CN(CC(=O)N[C@H](C)c2ccc(Cl)cc2)C2CC2)cc1. The molecule has 0 unspecified atom stereocenters. The normalized spacial score (nSPS) is 14.9. The maximum Gasteiger partial charge on any atom is 0.234 e. The number of rotatable bonds is 8. The second-order valence-electron chi connectivity index (χ2n) is 6.82. The first-order valence-corrected chi connectivity index (χ1v) is 9.35. The van der Waals surface area contributed by atoms with E-state index < -0.39 is 0 Å². The number of carbonyl (C=O) groups is 1. The Bertz CT molecular complexity index is 727. The Kier molecular flexibility index (Phi) is 6.17. The summed E-state index contributed by atoms with van der Waals surface area (Å²) >= 11 is 5.93. The van der Waals surface area contributed by atoms with Gasteiger partial charge in [-0.25, -0.2) is 0 Å². The summed E-state index contributed by atoms with van der Waals surface area (Å²) in [6, 6.07) is 16.1. The third kappa shape index (κ3) is 5.23. The van der Waals surface area contributed by atoms with Gasteiger partial charge >= 0.3 is 0 Å². The highest BCUT2D eigenvalue weighted by atomic mass is 35.5. The van der Waals surface area contributed by atoms with E-state index in [1.807, 2.05) is 43.3 Å². The van der Waals surface area contributed by atoms with E-state index in [0.29, 0.717) is 17.6 Å².